The van der Waals surface area contributed by atoms with Gasteiger partial charge in [-0.25, -0.2) is 9.97 Å². The SMILES string of the molecule is Cc1ccc2c(c1)c1cc(C)ccc1n2-c1ccc(-c2nc(-c3ccccc3)cc(-c3ccccc3)n2)cc1-c1ccccc1-n1c2ccc(C(F)(F)F)cc2c2cc(C(F)(F)F)ccc21. The van der Waals surface area contributed by atoms with E-state index < -0.39 is 23.5 Å². The summed E-state index contributed by atoms with van der Waals surface area (Å²) in [6.07, 6.45) is -9.45. The van der Waals surface area contributed by atoms with Crippen molar-refractivity contribution < 1.29 is 26.3 Å². The summed E-state index contributed by atoms with van der Waals surface area (Å²) in [5.41, 5.74) is 9.52. The van der Waals surface area contributed by atoms with Crippen LogP contribution in [0.25, 0.3) is 100 Å². The van der Waals surface area contributed by atoms with Crippen LogP contribution in [0.2, 0.25) is 0 Å². The molecule has 0 radical (unpaired) electrons. The summed E-state index contributed by atoms with van der Waals surface area (Å²) < 4.78 is 89.6. The molecule has 0 atom stereocenters. The molecule has 0 aliphatic heterocycles. The average molecular weight is 879 g/mol. The molecule has 8 aromatic carbocycles. The van der Waals surface area contributed by atoms with Crippen LogP contribution in [0, 0.1) is 13.8 Å². The zero-order chi connectivity index (χ0) is 45.5. The number of nitrogens with zero attached hydrogens (tertiary/aromatic N) is 4. The van der Waals surface area contributed by atoms with Crippen LogP contribution in [0.1, 0.15) is 22.3 Å². The largest absolute Gasteiger partial charge is 0.416 e. The van der Waals surface area contributed by atoms with Crippen molar-refractivity contribution in [2.75, 3.05) is 0 Å². The number of para-hydroxylation sites is 1. The van der Waals surface area contributed by atoms with Crippen molar-refractivity contribution in [1.82, 2.24) is 19.1 Å². The lowest BCUT2D eigenvalue weighted by Gasteiger charge is -2.20. The molecule has 0 saturated carbocycles. The molecule has 0 saturated heterocycles. The lowest BCUT2D eigenvalue weighted by molar-refractivity contribution is -0.138. The molecule has 3 heterocycles. The quantitative estimate of drug-likeness (QED) is 0.156. The Morgan fingerprint density at radius 3 is 1.27 bits per heavy atom. The van der Waals surface area contributed by atoms with E-state index in [0.717, 1.165) is 91.0 Å². The van der Waals surface area contributed by atoms with Gasteiger partial charge in [-0.15, -0.1) is 0 Å². The van der Waals surface area contributed by atoms with E-state index in [-0.39, 0.29) is 10.8 Å². The summed E-state index contributed by atoms with van der Waals surface area (Å²) in [5, 5.41) is 2.21. The molecule has 4 nitrogen and oxygen atoms in total. The Balaban J connectivity index is 1.23. The highest BCUT2D eigenvalue weighted by Gasteiger charge is 2.34. The van der Waals surface area contributed by atoms with Gasteiger partial charge >= 0.3 is 12.4 Å². The number of benzene rings is 8. The molecule has 0 amide bonds. The van der Waals surface area contributed by atoms with Gasteiger partial charge in [0.15, 0.2) is 5.82 Å². The van der Waals surface area contributed by atoms with Crippen molar-refractivity contribution in [3.05, 3.63) is 204 Å². The van der Waals surface area contributed by atoms with Gasteiger partial charge in [-0.05, 0) is 105 Å². The number of aryl methyl sites for hydroxylation is 2. The second kappa shape index (κ2) is 15.3. The van der Waals surface area contributed by atoms with E-state index in [1.807, 2.05) is 109 Å². The third-order valence-electron chi connectivity index (χ3n) is 12.3. The molecule has 322 valence electrons. The highest BCUT2D eigenvalue weighted by Crippen LogP contribution is 2.44. The Morgan fingerprint density at radius 2 is 0.788 bits per heavy atom. The number of alkyl halides is 6. The van der Waals surface area contributed by atoms with Crippen molar-refractivity contribution in [2.24, 2.45) is 0 Å². The zero-order valence-electron chi connectivity index (χ0n) is 35.4. The fourth-order valence-electron chi connectivity index (χ4n) is 9.22. The second-order valence-corrected chi connectivity index (χ2v) is 16.6. The highest BCUT2D eigenvalue weighted by molar-refractivity contribution is 6.12. The van der Waals surface area contributed by atoms with Crippen molar-refractivity contribution in [3.8, 4) is 56.4 Å². The maximum Gasteiger partial charge on any atom is 0.416 e. The molecule has 66 heavy (non-hydrogen) atoms. The van der Waals surface area contributed by atoms with E-state index in [2.05, 4.69) is 54.8 Å². The maximum absolute atomic E-state index is 14.3. The summed E-state index contributed by atoms with van der Waals surface area (Å²) in [4.78, 5) is 10.3. The van der Waals surface area contributed by atoms with E-state index >= 15 is 0 Å². The fraction of sp³-hybridized carbons (Fsp3) is 0.0714. The summed E-state index contributed by atoms with van der Waals surface area (Å²) in [6, 6.07) is 54.4. The van der Waals surface area contributed by atoms with E-state index in [0.29, 0.717) is 33.7 Å². The van der Waals surface area contributed by atoms with Gasteiger partial charge in [0.2, 0.25) is 0 Å². The molecule has 3 aromatic heterocycles. The van der Waals surface area contributed by atoms with Gasteiger partial charge in [0.1, 0.15) is 0 Å². The third kappa shape index (κ3) is 6.97. The van der Waals surface area contributed by atoms with Gasteiger partial charge in [-0.1, -0.05) is 102 Å². The number of halogens is 6. The van der Waals surface area contributed by atoms with Crippen LogP contribution in [-0.2, 0) is 12.4 Å². The second-order valence-electron chi connectivity index (χ2n) is 16.6. The predicted molar refractivity (Wildman–Crippen MR) is 252 cm³/mol. The molecular weight excluding hydrogens is 843 g/mol. The first-order valence-corrected chi connectivity index (χ1v) is 21.3. The van der Waals surface area contributed by atoms with E-state index in [4.69, 9.17) is 9.97 Å². The Hall–Kier alpha value is -7.98. The Labute approximate surface area is 374 Å². The topological polar surface area (TPSA) is 35.6 Å². The molecule has 0 aliphatic rings. The van der Waals surface area contributed by atoms with Crippen LogP contribution >= 0.6 is 0 Å². The zero-order valence-corrected chi connectivity index (χ0v) is 35.4. The van der Waals surface area contributed by atoms with Crippen molar-refractivity contribution in [2.45, 2.75) is 26.2 Å². The molecule has 0 spiro atoms. The van der Waals surface area contributed by atoms with Crippen LogP contribution in [0.15, 0.2) is 182 Å². The number of fused-ring (bicyclic) bond motifs is 6. The summed E-state index contributed by atoms with van der Waals surface area (Å²) in [5.74, 6) is 0.463. The maximum atomic E-state index is 14.3. The molecule has 0 aliphatic carbocycles. The Kier molecular flexibility index (Phi) is 9.47. The molecule has 0 unspecified atom stereocenters. The first kappa shape index (κ1) is 40.8. The van der Waals surface area contributed by atoms with Crippen molar-refractivity contribution in [1.29, 1.82) is 0 Å². The summed E-state index contributed by atoms with van der Waals surface area (Å²) >= 11 is 0. The number of rotatable bonds is 6. The van der Waals surface area contributed by atoms with Gasteiger partial charge in [-0.2, -0.15) is 26.3 Å². The predicted octanol–water partition coefficient (Wildman–Crippen LogP) is 16.0. The number of aromatic nitrogens is 4. The minimum atomic E-state index is -4.73. The molecule has 0 bridgehead atoms. The van der Waals surface area contributed by atoms with Gasteiger partial charge in [0, 0.05) is 49.4 Å². The van der Waals surface area contributed by atoms with Gasteiger partial charge in [0.05, 0.1) is 56.0 Å². The first-order chi connectivity index (χ1) is 31.8. The van der Waals surface area contributed by atoms with Crippen molar-refractivity contribution >= 4 is 43.6 Å². The molecule has 10 heteroatoms. The summed E-state index contributed by atoms with van der Waals surface area (Å²) in [6.45, 7) is 4.12. The molecule has 0 N–H and O–H groups in total. The molecule has 11 rings (SSSR count). The smallest absolute Gasteiger partial charge is 0.309 e. The Morgan fingerprint density at radius 1 is 0.364 bits per heavy atom. The minimum absolute atomic E-state index is 0.0439. The average Bonchev–Trinajstić information content (AvgIpc) is 3.82. The Bertz CT molecular complexity index is 3510. The molecular formula is C56H36F6N4. The van der Waals surface area contributed by atoms with Crippen LogP contribution in [-0.4, -0.2) is 19.1 Å². The molecule has 0 fully saturated rings. The van der Waals surface area contributed by atoms with Gasteiger partial charge < -0.3 is 9.13 Å². The normalized spacial score (nSPS) is 12.2. The van der Waals surface area contributed by atoms with Crippen LogP contribution in [0.3, 0.4) is 0 Å². The van der Waals surface area contributed by atoms with Gasteiger partial charge in [-0.3, -0.25) is 0 Å². The lowest BCUT2D eigenvalue weighted by atomic mass is 9.97. The van der Waals surface area contributed by atoms with E-state index in [9.17, 15) is 26.3 Å². The standard InChI is InChI=1S/C56H36F6N4/c1-33-17-22-49-41(27-33)42-28-34(2)18-23-50(42)66(49)51-24-19-37(54-63-46(35-11-5-3-6-12-35)32-47(64-54)36-13-7-4-8-14-36)29-43(51)40-15-9-10-16-48(40)65-52-25-20-38(55(57,58)59)30-44(52)45-31-39(56(60,61)62)21-26-53(45)65/h3-32H,1-2H3. The fourth-order valence-corrected chi connectivity index (χ4v) is 9.22. The number of hydrogen-bond donors (Lipinski definition) is 0. The van der Waals surface area contributed by atoms with E-state index in [1.54, 1.807) is 4.57 Å². The van der Waals surface area contributed by atoms with Crippen LogP contribution in [0.5, 0.6) is 0 Å². The molecule has 11 aromatic rings. The lowest BCUT2D eigenvalue weighted by Crippen LogP contribution is -2.05. The van der Waals surface area contributed by atoms with E-state index in [1.165, 1.54) is 12.1 Å². The van der Waals surface area contributed by atoms with Crippen molar-refractivity contribution in [3.63, 3.8) is 0 Å². The van der Waals surface area contributed by atoms with Crippen LogP contribution < -0.4 is 0 Å². The highest BCUT2D eigenvalue weighted by atomic mass is 19.4. The first-order valence-electron chi connectivity index (χ1n) is 21.3. The summed E-state index contributed by atoms with van der Waals surface area (Å²) in [7, 11) is 0. The monoisotopic (exact) mass is 878 g/mol. The minimum Gasteiger partial charge on any atom is -0.309 e. The number of hydrogen-bond acceptors (Lipinski definition) is 2. The van der Waals surface area contributed by atoms with Gasteiger partial charge in [0.25, 0.3) is 0 Å². The van der Waals surface area contributed by atoms with Crippen LogP contribution in [0.4, 0.5) is 26.3 Å². The third-order valence-corrected chi connectivity index (χ3v) is 12.3.